The number of urea groups is 1. The van der Waals surface area contributed by atoms with Crippen LogP contribution in [-0.4, -0.2) is 34.3 Å². The van der Waals surface area contributed by atoms with Gasteiger partial charge in [0.25, 0.3) is 6.20 Å². The lowest BCUT2D eigenvalue weighted by molar-refractivity contribution is -0.754. The van der Waals surface area contributed by atoms with Gasteiger partial charge in [-0.3, -0.25) is 14.8 Å². The van der Waals surface area contributed by atoms with E-state index in [0.717, 1.165) is 34.5 Å². The van der Waals surface area contributed by atoms with E-state index in [1.54, 1.807) is 36.5 Å². The Morgan fingerprint density at radius 1 is 1.04 bits per heavy atom. The molecular formula is C31H26F3N7O4. The summed E-state index contributed by atoms with van der Waals surface area (Å²) in [5, 5.41) is 21.0. The van der Waals surface area contributed by atoms with Gasteiger partial charge in [0.15, 0.2) is 0 Å². The normalized spacial score (nSPS) is 11.7. The quantitative estimate of drug-likeness (QED) is 0.134. The van der Waals surface area contributed by atoms with Crippen molar-refractivity contribution in [2.75, 3.05) is 17.7 Å². The minimum absolute atomic E-state index is 0.0509. The third-order valence-electron chi connectivity index (χ3n) is 6.45. The predicted octanol–water partition coefficient (Wildman–Crippen LogP) is 5.08. The van der Waals surface area contributed by atoms with Crippen LogP contribution in [0, 0.1) is 6.92 Å². The lowest BCUT2D eigenvalue weighted by Gasteiger charge is -2.14. The van der Waals surface area contributed by atoms with Crippen molar-refractivity contribution in [3.05, 3.63) is 108 Å². The second-order valence-electron chi connectivity index (χ2n) is 9.83. The number of aliphatic imine (C=N–C) groups is 1. The Bertz CT molecular complexity index is 1830. The summed E-state index contributed by atoms with van der Waals surface area (Å²) in [6.07, 6.45) is -1.72. The number of ether oxygens (including phenoxy) is 1. The number of halogens is 3. The highest BCUT2D eigenvalue weighted by molar-refractivity contribution is 5.99. The van der Waals surface area contributed by atoms with Crippen LogP contribution in [0.5, 0.6) is 6.01 Å². The van der Waals surface area contributed by atoms with Crippen LogP contribution in [-0.2, 0) is 19.1 Å². The number of carbonyl (C=O) groups excluding carboxylic acids is 1. The molecule has 0 atom stereocenters. The number of amides is 2. The summed E-state index contributed by atoms with van der Waals surface area (Å²) >= 11 is 0. The standard InChI is InChI=1S/C31H26F3N7O4/c1-19-26(16-35-30(36-19)44-2)22-10-8-21(9-11-22)17-41-18-28(45-40-41)39-29(43)38-25-14-23(31(32,33)34)13-24(15-25)37-27(42)12-20-6-4-3-5-7-20/h3-11,13-16,18H,12,17H2,1-2H3,(H2-,37,38,39,40,42,43). The summed E-state index contributed by atoms with van der Waals surface area (Å²) in [5.41, 5.74) is 2.52. The summed E-state index contributed by atoms with van der Waals surface area (Å²) in [4.78, 5) is 24.9. The maximum absolute atomic E-state index is 13.6. The molecule has 230 valence electrons. The number of nitrogens with one attached hydrogen (secondary N) is 2. The molecule has 0 saturated heterocycles. The number of rotatable bonds is 9. The van der Waals surface area contributed by atoms with Crippen LogP contribution in [0.15, 0.2) is 94.7 Å². The summed E-state index contributed by atoms with van der Waals surface area (Å²) in [6.45, 7) is 2.17. The molecule has 2 aromatic heterocycles. The van der Waals surface area contributed by atoms with Crippen molar-refractivity contribution in [3.63, 3.8) is 0 Å². The minimum Gasteiger partial charge on any atom is -0.861 e. The Labute approximate surface area is 255 Å². The van der Waals surface area contributed by atoms with Crippen LogP contribution in [0.25, 0.3) is 11.1 Å². The van der Waals surface area contributed by atoms with E-state index in [1.807, 2.05) is 31.2 Å². The number of anilines is 2. The molecule has 0 saturated carbocycles. The highest BCUT2D eigenvalue weighted by Crippen LogP contribution is 2.34. The molecule has 0 unspecified atom stereocenters. The molecule has 2 amide bonds. The predicted molar refractivity (Wildman–Crippen MR) is 156 cm³/mol. The summed E-state index contributed by atoms with van der Waals surface area (Å²) < 4.78 is 52.3. The van der Waals surface area contributed by atoms with Gasteiger partial charge in [0.05, 0.1) is 24.1 Å². The largest absolute Gasteiger partial charge is 0.861 e. The lowest BCUT2D eigenvalue weighted by atomic mass is 10.0. The molecule has 5 aromatic rings. The van der Waals surface area contributed by atoms with Crippen molar-refractivity contribution in [1.29, 1.82) is 0 Å². The molecule has 2 N–H and O–H groups in total. The molecular weight excluding hydrogens is 591 g/mol. The first kappa shape index (κ1) is 30.7. The van der Waals surface area contributed by atoms with Crippen LogP contribution in [0.2, 0.25) is 0 Å². The maximum Gasteiger partial charge on any atom is 0.416 e. The molecule has 0 bridgehead atoms. The number of hydrogen-bond acceptors (Lipinski definition) is 8. The van der Waals surface area contributed by atoms with E-state index in [9.17, 15) is 23.1 Å². The Morgan fingerprint density at radius 2 is 1.80 bits per heavy atom. The molecule has 0 aliphatic carbocycles. The van der Waals surface area contributed by atoms with E-state index < -0.39 is 23.7 Å². The van der Waals surface area contributed by atoms with E-state index in [0.29, 0.717) is 12.1 Å². The average molecular weight is 618 g/mol. The fourth-order valence-electron chi connectivity index (χ4n) is 4.35. The SMILES string of the molecule is COc1ncc(-c2ccc(C[n+]3cc(NC(=O)Nc4cc(N=C([O-])Cc5ccccc5)cc(C(F)(F)F)c4)on3)cc2)c(C)n1. The van der Waals surface area contributed by atoms with Gasteiger partial charge in [-0.15, -0.1) is 0 Å². The third kappa shape index (κ3) is 8.19. The van der Waals surface area contributed by atoms with Crippen molar-refractivity contribution in [3.8, 4) is 17.1 Å². The number of nitrogens with zero attached hydrogens (tertiary/aromatic N) is 5. The Morgan fingerprint density at radius 3 is 2.49 bits per heavy atom. The van der Waals surface area contributed by atoms with Gasteiger partial charge in [-0.2, -0.15) is 18.2 Å². The number of carbonyl (C=O) groups is 1. The second-order valence-corrected chi connectivity index (χ2v) is 9.83. The van der Waals surface area contributed by atoms with Gasteiger partial charge in [0, 0.05) is 29.4 Å². The molecule has 0 aliphatic heterocycles. The van der Waals surface area contributed by atoms with Gasteiger partial charge in [-0.1, -0.05) is 54.6 Å². The molecule has 2 heterocycles. The summed E-state index contributed by atoms with van der Waals surface area (Å²) in [6, 6.07) is 18.3. The van der Waals surface area contributed by atoms with E-state index >= 15 is 0 Å². The maximum atomic E-state index is 13.6. The number of hydrogen-bond donors (Lipinski definition) is 2. The number of benzene rings is 3. The first-order chi connectivity index (χ1) is 21.6. The number of methoxy groups -OCH3 is 1. The smallest absolute Gasteiger partial charge is 0.416 e. The number of aromatic nitrogens is 4. The van der Waals surface area contributed by atoms with E-state index in [1.165, 1.54) is 24.1 Å². The van der Waals surface area contributed by atoms with Crippen LogP contribution in [0.4, 0.5) is 35.2 Å². The zero-order chi connectivity index (χ0) is 32.0. The Balaban J connectivity index is 1.23. The molecule has 45 heavy (non-hydrogen) atoms. The van der Waals surface area contributed by atoms with Crippen LogP contribution < -0.4 is 25.2 Å². The van der Waals surface area contributed by atoms with Crippen molar-refractivity contribution in [1.82, 2.24) is 15.2 Å². The monoisotopic (exact) mass is 617 g/mol. The van der Waals surface area contributed by atoms with Gasteiger partial charge < -0.3 is 15.2 Å². The van der Waals surface area contributed by atoms with E-state index in [2.05, 4.69) is 30.9 Å². The van der Waals surface area contributed by atoms with Crippen molar-refractivity contribution < 1.29 is 37.0 Å². The van der Waals surface area contributed by atoms with E-state index in [4.69, 9.17) is 9.26 Å². The van der Waals surface area contributed by atoms with Gasteiger partial charge in [-0.05, 0) is 46.8 Å². The highest BCUT2D eigenvalue weighted by atomic mass is 19.4. The fourth-order valence-corrected chi connectivity index (χ4v) is 4.35. The summed E-state index contributed by atoms with van der Waals surface area (Å²) in [7, 11) is 1.50. The Kier molecular flexibility index (Phi) is 9.02. The first-order valence-corrected chi connectivity index (χ1v) is 13.5. The van der Waals surface area contributed by atoms with Crippen LogP contribution in [0.1, 0.15) is 22.4 Å². The Hall–Kier alpha value is -5.79. The number of alkyl halides is 3. The third-order valence-corrected chi connectivity index (χ3v) is 6.45. The molecule has 14 heteroatoms. The molecule has 0 fully saturated rings. The highest BCUT2D eigenvalue weighted by Gasteiger charge is 2.31. The minimum atomic E-state index is -4.74. The van der Waals surface area contributed by atoms with E-state index in [-0.39, 0.29) is 29.7 Å². The van der Waals surface area contributed by atoms with Crippen molar-refractivity contribution in [2.45, 2.75) is 26.1 Å². The van der Waals surface area contributed by atoms with Gasteiger partial charge in [0.1, 0.15) is 0 Å². The topological polar surface area (TPSA) is 141 Å². The molecule has 0 aliphatic rings. The number of aryl methyl sites for hydroxylation is 1. The van der Waals surface area contributed by atoms with Crippen LogP contribution >= 0.6 is 0 Å². The zero-order valence-electron chi connectivity index (χ0n) is 24.0. The van der Waals surface area contributed by atoms with Gasteiger partial charge >= 0.3 is 24.1 Å². The van der Waals surface area contributed by atoms with Crippen molar-refractivity contribution in [2.24, 2.45) is 4.99 Å². The molecule has 11 nitrogen and oxygen atoms in total. The fraction of sp³-hybridized carbons (Fsp3) is 0.161. The molecule has 5 rings (SSSR count). The average Bonchev–Trinajstić information content (AvgIpc) is 3.43. The molecule has 3 aromatic carbocycles. The second kappa shape index (κ2) is 13.2. The zero-order valence-corrected chi connectivity index (χ0v) is 24.0. The van der Waals surface area contributed by atoms with Crippen molar-refractivity contribution >= 4 is 29.2 Å². The van der Waals surface area contributed by atoms with Crippen LogP contribution in [0.3, 0.4) is 0 Å². The van der Waals surface area contributed by atoms with Gasteiger partial charge in [-0.25, -0.2) is 9.78 Å². The lowest BCUT2D eigenvalue weighted by Crippen LogP contribution is -2.35. The first-order valence-electron chi connectivity index (χ1n) is 13.5. The molecule has 0 spiro atoms. The molecule has 0 radical (unpaired) electrons. The summed E-state index contributed by atoms with van der Waals surface area (Å²) in [5.74, 6) is -0.688. The van der Waals surface area contributed by atoms with Gasteiger partial charge in [0.2, 0.25) is 11.8 Å².